The quantitative estimate of drug-likeness (QED) is 0.485. The third-order valence-electron chi connectivity index (χ3n) is 5.69. The van der Waals surface area contributed by atoms with Crippen molar-refractivity contribution in [3.05, 3.63) is 77.4 Å². The standard InChI is InChI=1S/C25H24N6/c1-3-22-20(11-16(2)17-6-9-26-10-7-17)25(31-30-22)23-12-19-21(14-28-15-24(19)29-23)18-5-4-8-27-13-18/h3-6,8,11-15,26,29-30H,2,7,9-10H2,1H3/b20-11+,22-3+. The SMILES string of the molecule is C=C(/C=c1/c(-c2cc3c(-c4cccnc4)cncc3[nH]2)n[nH]/c1=C/C)C1=CCNCC1. The predicted octanol–water partition coefficient (Wildman–Crippen LogP) is 3.07. The summed E-state index contributed by atoms with van der Waals surface area (Å²) in [4.78, 5) is 12.2. The fraction of sp³-hybridized carbons (Fsp3) is 0.160. The van der Waals surface area contributed by atoms with Gasteiger partial charge in [-0.05, 0) is 49.2 Å². The van der Waals surface area contributed by atoms with E-state index in [2.05, 4.69) is 55.3 Å². The summed E-state index contributed by atoms with van der Waals surface area (Å²) >= 11 is 0. The van der Waals surface area contributed by atoms with Crippen molar-refractivity contribution in [1.29, 1.82) is 0 Å². The largest absolute Gasteiger partial charge is 0.352 e. The number of nitrogens with zero attached hydrogens (tertiary/aromatic N) is 3. The molecule has 6 heteroatoms. The van der Waals surface area contributed by atoms with Gasteiger partial charge in [-0.25, -0.2) is 0 Å². The van der Waals surface area contributed by atoms with Crippen LogP contribution in [0.5, 0.6) is 0 Å². The van der Waals surface area contributed by atoms with Crippen molar-refractivity contribution in [3.63, 3.8) is 0 Å². The smallest absolute Gasteiger partial charge is 0.116 e. The van der Waals surface area contributed by atoms with Gasteiger partial charge in [-0.1, -0.05) is 24.8 Å². The zero-order valence-electron chi connectivity index (χ0n) is 17.4. The van der Waals surface area contributed by atoms with E-state index in [0.717, 1.165) is 69.1 Å². The lowest BCUT2D eigenvalue weighted by atomic mass is 10.00. The second-order valence-corrected chi connectivity index (χ2v) is 7.61. The Balaban J connectivity index is 1.65. The van der Waals surface area contributed by atoms with Crippen LogP contribution in [-0.4, -0.2) is 38.2 Å². The number of hydrogen-bond acceptors (Lipinski definition) is 4. The summed E-state index contributed by atoms with van der Waals surface area (Å²) in [6.07, 6.45) is 14.7. The van der Waals surface area contributed by atoms with Gasteiger partial charge in [0.2, 0.25) is 0 Å². The van der Waals surface area contributed by atoms with Gasteiger partial charge < -0.3 is 10.3 Å². The summed E-state index contributed by atoms with van der Waals surface area (Å²) in [7, 11) is 0. The van der Waals surface area contributed by atoms with Gasteiger partial charge >= 0.3 is 0 Å². The molecule has 0 radical (unpaired) electrons. The van der Waals surface area contributed by atoms with Gasteiger partial charge in [0, 0.05) is 46.9 Å². The highest BCUT2D eigenvalue weighted by Crippen LogP contribution is 2.29. The number of aromatic amines is 2. The molecular weight excluding hydrogens is 384 g/mol. The molecule has 0 aliphatic carbocycles. The van der Waals surface area contributed by atoms with Gasteiger partial charge in [0.1, 0.15) is 5.69 Å². The van der Waals surface area contributed by atoms with Crippen LogP contribution in [0.25, 0.3) is 45.6 Å². The first-order chi connectivity index (χ1) is 15.2. The summed E-state index contributed by atoms with van der Waals surface area (Å²) in [5, 5.41) is 14.3. The molecule has 0 atom stereocenters. The maximum absolute atomic E-state index is 4.63. The van der Waals surface area contributed by atoms with E-state index < -0.39 is 0 Å². The topological polar surface area (TPSA) is 82.3 Å². The molecule has 5 heterocycles. The Morgan fingerprint density at radius 3 is 2.90 bits per heavy atom. The van der Waals surface area contributed by atoms with Crippen LogP contribution in [0.4, 0.5) is 0 Å². The second-order valence-electron chi connectivity index (χ2n) is 7.61. The molecule has 0 saturated carbocycles. The second kappa shape index (κ2) is 8.16. The Labute approximate surface area is 180 Å². The molecule has 0 unspecified atom stereocenters. The maximum Gasteiger partial charge on any atom is 0.116 e. The Morgan fingerprint density at radius 1 is 1.19 bits per heavy atom. The summed E-state index contributed by atoms with van der Waals surface area (Å²) in [6.45, 7) is 8.21. The van der Waals surface area contributed by atoms with Gasteiger partial charge in [-0.15, -0.1) is 0 Å². The molecule has 5 rings (SSSR count). The van der Waals surface area contributed by atoms with Gasteiger partial charge in [0.15, 0.2) is 0 Å². The molecule has 6 nitrogen and oxygen atoms in total. The van der Waals surface area contributed by atoms with E-state index in [1.165, 1.54) is 5.57 Å². The van der Waals surface area contributed by atoms with Crippen LogP contribution in [0, 0.1) is 0 Å². The van der Waals surface area contributed by atoms with Crippen molar-refractivity contribution >= 4 is 23.1 Å². The normalized spacial score (nSPS) is 15.5. The van der Waals surface area contributed by atoms with E-state index in [1.54, 1.807) is 6.20 Å². The van der Waals surface area contributed by atoms with Gasteiger partial charge in [0.05, 0.1) is 22.8 Å². The van der Waals surface area contributed by atoms with Crippen LogP contribution in [-0.2, 0) is 0 Å². The number of pyridine rings is 2. The van der Waals surface area contributed by atoms with E-state index in [1.807, 2.05) is 43.7 Å². The minimum atomic E-state index is 0.872. The number of aromatic nitrogens is 5. The zero-order chi connectivity index (χ0) is 21.2. The van der Waals surface area contributed by atoms with E-state index in [0.29, 0.717) is 0 Å². The van der Waals surface area contributed by atoms with Crippen molar-refractivity contribution < 1.29 is 0 Å². The number of allylic oxidation sites excluding steroid dienone is 1. The van der Waals surface area contributed by atoms with E-state index in [4.69, 9.17) is 0 Å². The summed E-state index contributed by atoms with van der Waals surface area (Å²) < 4.78 is 0. The molecule has 0 spiro atoms. The predicted molar refractivity (Wildman–Crippen MR) is 125 cm³/mol. The molecule has 0 amide bonds. The molecule has 0 fully saturated rings. The number of H-pyrrole nitrogens is 2. The third-order valence-corrected chi connectivity index (χ3v) is 5.69. The fourth-order valence-electron chi connectivity index (χ4n) is 4.05. The first-order valence-electron chi connectivity index (χ1n) is 10.4. The number of rotatable bonds is 4. The average Bonchev–Trinajstić information content (AvgIpc) is 3.43. The van der Waals surface area contributed by atoms with Crippen LogP contribution in [0.2, 0.25) is 0 Å². The zero-order valence-corrected chi connectivity index (χ0v) is 17.4. The van der Waals surface area contributed by atoms with Crippen LogP contribution < -0.4 is 15.9 Å². The van der Waals surface area contributed by atoms with Gasteiger partial charge in [-0.3, -0.25) is 15.1 Å². The molecule has 1 aliphatic rings. The van der Waals surface area contributed by atoms with Crippen LogP contribution >= 0.6 is 0 Å². The van der Waals surface area contributed by atoms with Crippen molar-refractivity contribution in [1.82, 2.24) is 30.5 Å². The highest BCUT2D eigenvalue weighted by molar-refractivity contribution is 5.97. The van der Waals surface area contributed by atoms with E-state index in [9.17, 15) is 0 Å². The Morgan fingerprint density at radius 2 is 2.13 bits per heavy atom. The molecule has 3 N–H and O–H groups in total. The highest BCUT2D eigenvalue weighted by Gasteiger charge is 2.13. The lowest BCUT2D eigenvalue weighted by Crippen LogP contribution is -2.25. The van der Waals surface area contributed by atoms with Gasteiger partial charge in [-0.2, -0.15) is 5.10 Å². The molecule has 0 bridgehead atoms. The van der Waals surface area contributed by atoms with Crippen LogP contribution in [0.15, 0.2) is 66.8 Å². The Bertz CT molecular complexity index is 1410. The molecule has 154 valence electrons. The minimum Gasteiger partial charge on any atom is -0.352 e. The Kier molecular flexibility index (Phi) is 5.06. The molecule has 4 aromatic heterocycles. The van der Waals surface area contributed by atoms with Crippen molar-refractivity contribution in [2.45, 2.75) is 13.3 Å². The Hall–Kier alpha value is -3.77. The lowest BCUT2D eigenvalue weighted by molar-refractivity contribution is 0.710. The maximum atomic E-state index is 4.63. The third kappa shape index (κ3) is 3.62. The fourth-order valence-corrected chi connectivity index (χ4v) is 4.05. The van der Waals surface area contributed by atoms with Crippen LogP contribution in [0.3, 0.4) is 0 Å². The first kappa shape index (κ1) is 19.2. The van der Waals surface area contributed by atoms with Crippen molar-refractivity contribution in [2.24, 2.45) is 0 Å². The monoisotopic (exact) mass is 408 g/mol. The van der Waals surface area contributed by atoms with Crippen molar-refractivity contribution in [2.75, 3.05) is 13.1 Å². The average molecular weight is 409 g/mol. The molecule has 1 aliphatic heterocycles. The summed E-state index contributed by atoms with van der Waals surface area (Å²) in [5.41, 5.74) is 7.17. The number of hydrogen-bond donors (Lipinski definition) is 3. The lowest BCUT2D eigenvalue weighted by Gasteiger charge is -2.13. The van der Waals surface area contributed by atoms with Crippen LogP contribution in [0.1, 0.15) is 13.3 Å². The first-order valence-corrected chi connectivity index (χ1v) is 10.4. The molecule has 0 saturated heterocycles. The van der Waals surface area contributed by atoms with E-state index in [-0.39, 0.29) is 0 Å². The number of fused-ring (bicyclic) bond motifs is 1. The van der Waals surface area contributed by atoms with Crippen molar-refractivity contribution in [3.8, 4) is 22.5 Å². The highest BCUT2D eigenvalue weighted by atomic mass is 15.1. The molecule has 31 heavy (non-hydrogen) atoms. The molecule has 4 aromatic rings. The minimum absolute atomic E-state index is 0.872. The molecular formula is C25H24N6. The summed E-state index contributed by atoms with van der Waals surface area (Å²) in [6, 6.07) is 6.12. The summed E-state index contributed by atoms with van der Waals surface area (Å²) in [5.74, 6) is 0. The number of nitrogens with one attached hydrogen (secondary N) is 3. The van der Waals surface area contributed by atoms with Gasteiger partial charge in [0.25, 0.3) is 0 Å². The van der Waals surface area contributed by atoms with E-state index >= 15 is 0 Å². The molecule has 0 aromatic carbocycles.